The highest BCUT2D eigenvalue weighted by Gasteiger charge is 2.44. The number of carbonyl (C=O) groups is 1. The maximum absolute atomic E-state index is 13.1. The van der Waals surface area contributed by atoms with Crippen LogP contribution in [0.2, 0.25) is 5.02 Å². The van der Waals surface area contributed by atoms with E-state index in [0.29, 0.717) is 13.0 Å². The molecule has 0 unspecified atom stereocenters. The summed E-state index contributed by atoms with van der Waals surface area (Å²) in [5.41, 5.74) is 0.809. The van der Waals surface area contributed by atoms with Crippen LogP contribution in [0.3, 0.4) is 0 Å². The SMILES string of the molecule is CN1CCN(C(=O)C[C@]2(c3ccc(Cl)cc3)CCOC(C)(C)C2)CC1. The van der Waals surface area contributed by atoms with E-state index < -0.39 is 0 Å². The quantitative estimate of drug-likeness (QED) is 0.824. The first kappa shape index (κ1) is 18.7. The minimum atomic E-state index is -0.222. The molecule has 2 aliphatic heterocycles. The van der Waals surface area contributed by atoms with Gasteiger partial charge in [0, 0.05) is 49.6 Å². The van der Waals surface area contributed by atoms with Crippen molar-refractivity contribution in [2.45, 2.75) is 44.1 Å². The molecule has 3 rings (SSSR count). The summed E-state index contributed by atoms with van der Waals surface area (Å²) in [6.45, 7) is 8.49. The predicted octanol–water partition coefficient (Wildman–Crippen LogP) is 3.33. The van der Waals surface area contributed by atoms with E-state index in [2.05, 4.69) is 37.9 Å². The molecule has 2 heterocycles. The van der Waals surface area contributed by atoms with Gasteiger partial charge >= 0.3 is 0 Å². The van der Waals surface area contributed by atoms with E-state index in [1.807, 2.05) is 17.0 Å². The fourth-order valence-electron chi connectivity index (χ4n) is 4.24. The molecule has 2 aliphatic rings. The van der Waals surface area contributed by atoms with Gasteiger partial charge in [0.15, 0.2) is 0 Å². The van der Waals surface area contributed by atoms with Crippen LogP contribution in [0.25, 0.3) is 0 Å². The van der Waals surface area contributed by atoms with Crippen molar-refractivity contribution in [3.05, 3.63) is 34.9 Å². The van der Waals surface area contributed by atoms with Gasteiger partial charge in [-0.1, -0.05) is 23.7 Å². The van der Waals surface area contributed by atoms with E-state index in [0.717, 1.165) is 44.0 Å². The molecule has 0 saturated carbocycles. The number of ether oxygens (including phenoxy) is 1. The lowest BCUT2D eigenvalue weighted by molar-refractivity contribution is -0.138. The highest BCUT2D eigenvalue weighted by Crippen LogP contribution is 2.44. The lowest BCUT2D eigenvalue weighted by atomic mass is 9.67. The van der Waals surface area contributed by atoms with Gasteiger partial charge in [0.1, 0.15) is 0 Å². The highest BCUT2D eigenvalue weighted by atomic mass is 35.5. The standard InChI is InChI=1S/C20H29ClN2O2/c1-19(2)15-20(8-13-25-19,16-4-6-17(21)7-5-16)14-18(24)23-11-9-22(3)10-12-23/h4-7H,8-15H2,1-3H3/t20-/m1/s1. The highest BCUT2D eigenvalue weighted by molar-refractivity contribution is 6.30. The van der Waals surface area contributed by atoms with Crippen molar-refractivity contribution < 1.29 is 9.53 Å². The Morgan fingerprint density at radius 3 is 2.40 bits per heavy atom. The molecule has 4 nitrogen and oxygen atoms in total. The van der Waals surface area contributed by atoms with E-state index >= 15 is 0 Å². The molecule has 0 bridgehead atoms. The lowest BCUT2D eigenvalue weighted by Gasteiger charge is -2.46. The monoisotopic (exact) mass is 364 g/mol. The van der Waals surface area contributed by atoms with Crippen LogP contribution in [-0.2, 0) is 14.9 Å². The summed E-state index contributed by atoms with van der Waals surface area (Å²) in [5.74, 6) is 0.265. The molecule has 138 valence electrons. The Bertz CT molecular complexity index is 609. The number of likely N-dealkylation sites (N-methyl/N-ethyl adjacent to an activating group) is 1. The summed E-state index contributed by atoms with van der Waals surface area (Å²) in [5, 5.41) is 0.732. The number of rotatable bonds is 3. The molecule has 2 fully saturated rings. The number of nitrogens with zero attached hydrogens (tertiary/aromatic N) is 2. The fourth-order valence-corrected chi connectivity index (χ4v) is 4.36. The summed E-state index contributed by atoms with van der Waals surface area (Å²) in [7, 11) is 2.11. The summed E-state index contributed by atoms with van der Waals surface area (Å²) >= 11 is 6.09. The zero-order valence-electron chi connectivity index (χ0n) is 15.6. The van der Waals surface area contributed by atoms with Crippen molar-refractivity contribution in [2.75, 3.05) is 39.8 Å². The van der Waals surface area contributed by atoms with Crippen molar-refractivity contribution in [1.29, 1.82) is 0 Å². The van der Waals surface area contributed by atoms with Crippen molar-refractivity contribution in [3.63, 3.8) is 0 Å². The second-order valence-corrected chi connectivity index (χ2v) is 8.62. The Balaban J connectivity index is 1.84. The topological polar surface area (TPSA) is 32.8 Å². The summed E-state index contributed by atoms with van der Waals surface area (Å²) in [4.78, 5) is 17.4. The molecule has 0 radical (unpaired) electrons. The number of hydrogen-bond acceptors (Lipinski definition) is 3. The Labute approximate surface area is 156 Å². The first-order valence-electron chi connectivity index (χ1n) is 9.16. The first-order chi connectivity index (χ1) is 11.8. The molecule has 5 heteroatoms. The van der Waals surface area contributed by atoms with Crippen molar-refractivity contribution in [1.82, 2.24) is 9.80 Å². The molecule has 2 saturated heterocycles. The number of hydrogen-bond donors (Lipinski definition) is 0. The molecular weight excluding hydrogens is 336 g/mol. The van der Waals surface area contributed by atoms with E-state index in [-0.39, 0.29) is 16.9 Å². The Morgan fingerprint density at radius 1 is 1.16 bits per heavy atom. The van der Waals surface area contributed by atoms with Crippen LogP contribution in [0.5, 0.6) is 0 Å². The van der Waals surface area contributed by atoms with Crippen LogP contribution in [-0.4, -0.2) is 61.1 Å². The third-order valence-electron chi connectivity index (χ3n) is 5.64. The van der Waals surface area contributed by atoms with Crippen LogP contribution >= 0.6 is 11.6 Å². The van der Waals surface area contributed by atoms with E-state index in [1.54, 1.807) is 0 Å². The number of benzene rings is 1. The van der Waals surface area contributed by atoms with Gasteiger partial charge in [0.25, 0.3) is 0 Å². The fraction of sp³-hybridized carbons (Fsp3) is 0.650. The van der Waals surface area contributed by atoms with Crippen molar-refractivity contribution in [2.24, 2.45) is 0 Å². The molecule has 1 atom stereocenters. The van der Waals surface area contributed by atoms with E-state index in [9.17, 15) is 4.79 Å². The van der Waals surface area contributed by atoms with Crippen LogP contribution in [0, 0.1) is 0 Å². The van der Waals surface area contributed by atoms with Crippen molar-refractivity contribution >= 4 is 17.5 Å². The maximum Gasteiger partial charge on any atom is 0.223 e. The van der Waals surface area contributed by atoms with Gasteiger partial charge in [0.2, 0.25) is 5.91 Å². The van der Waals surface area contributed by atoms with Crippen molar-refractivity contribution in [3.8, 4) is 0 Å². The minimum absolute atomic E-state index is 0.174. The second-order valence-electron chi connectivity index (χ2n) is 8.18. The molecule has 1 aromatic rings. The first-order valence-corrected chi connectivity index (χ1v) is 9.54. The van der Waals surface area contributed by atoms with E-state index in [4.69, 9.17) is 16.3 Å². The maximum atomic E-state index is 13.1. The van der Waals surface area contributed by atoms with Crippen LogP contribution in [0.4, 0.5) is 0 Å². The lowest BCUT2D eigenvalue weighted by Crippen LogP contribution is -2.51. The predicted molar refractivity (Wildman–Crippen MR) is 101 cm³/mol. The minimum Gasteiger partial charge on any atom is -0.376 e. The van der Waals surface area contributed by atoms with Crippen LogP contribution < -0.4 is 0 Å². The molecule has 1 aromatic carbocycles. The third-order valence-corrected chi connectivity index (χ3v) is 5.89. The largest absolute Gasteiger partial charge is 0.376 e. The second kappa shape index (κ2) is 7.26. The number of carbonyl (C=O) groups excluding carboxylic acids is 1. The smallest absolute Gasteiger partial charge is 0.223 e. The van der Waals surface area contributed by atoms with Gasteiger partial charge in [-0.2, -0.15) is 0 Å². The van der Waals surface area contributed by atoms with Gasteiger partial charge < -0.3 is 14.5 Å². The Hall–Kier alpha value is -1.10. The molecule has 0 aliphatic carbocycles. The molecule has 0 N–H and O–H groups in total. The number of amides is 1. The molecular formula is C20H29ClN2O2. The average Bonchev–Trinajstić information content (AvgIpc) is 2.55. The average molecular weight is 365 g/mol. The van der Waals surface area contributed by atoms with Gasteiger partial charge in [0.05, 0.1) is 5.60 Å². The van der Waals surface area contributed by atoms with Crippen LogP contribution in [0.1, 0.15) is 38.7 Å². The Morgan fingerprint density at radius 2 is 1.80 bits per heavy atom. The zero-order chi connectivity index (χ0) is 18.1. The number of halogens is 1. The molecule has 0 aromatic heterocycles. The third kappa shape index (κ3) is 4.36. The Kier molecular flexibility index (Phi) is 5.42. The van der Waals surface area contributed by atoms with Crippen LogP contribution in [0.15, 0.2) is 24.3 Å². The molecule has 0 spiro atoms. The summed E-state index contributed by atoms with van der Waals surface area (Å²) in [6, 6.07) is 8.03. The molecule has 25 heavy (non-hydrogen) atoms. The number of piperazine rings is 1. The summed E-state index contributed by atoms with van der Waals surface area (Å²) < 4.78 is 5.95. The van der Waals surface area contributed by atoms with Gasteiger partial charge in [-0.15, -0.1) is 0 Å². The van der Waals surface area contributed by atoms with Gasteiger partial charge in [-0.05, 0) is 51.4 Å². The summed E-state index contributed by atoms with van der Waals surface area (Å²) in [6.07, 6.45) is 2.27. The molecule has 1 amide bonds. The van der Waals surface area contributed by atoms with Gasteiger partial charge in [-0.25, -0.2) is 0 Å². The zero-order valence-corrected chi connectivity index (χ0v) is 16.3. The van der Waals surface area contributed by atoms with Gasteiger partial charge in [-0.3, -0.25) is 4.79 Å². The van der Waals surface area contributed by atoms with E-state index in [1.165, 1.54) is 5.56 Å². The normalized spacial score (nSPS) is 27.3.